The lowest BCUT2D eigenvalue weighted by Crippen LogP contribution is -2.34. The SMILES string of the molecule is CN(C)C(CNC(=O)c1cc(-c2cccnc2)nc2ccccc12)c1ccccc1. The van der Waals surface area contributed by atoms with Crippen molar-refractivity contribution in [2.75, 3.05) is 20.6 Å². The maximum Gasteiger partial charge on any atom is 0.252 e. The fourth-order valence-electron chi connectivity index (χ4n) is 3.58. The largest absolute Gasteiger partial charge is 0.350 e. The highest BCUT2D eigenvalue weighted by Gasteiger charge is 2.18. The monoisotopic (exact) mass is 396 g/mol. The number of aromatic nitrogens is 2. The number of para-hydroxylation sites is 1. The van der Waals surface area contributed by atoms with Crippen LogP contribution in [-0.4, -0.2) is 41.4 Å². The Bertz CT molecular complexity index is 1140. The predicted molar refractivity (Wildman–Crippen MR) is 120 cm³/mol. The van der Waals surface area contributed by atoms with Crippen LogP contribution in [0.5, 0.6) is 0 Å². The van der Waals surface area contributed by atoms with Gasteiger partial charge >= 0.3 is 0 Å². The van der Waals surface area contributed by atoms with Crippen molar-refractivity contribution in [1.29, 1.82) is 0 Å². The van der Waals surface area contributed by atoms with Gasteiger partial charge in [0.15, 0.2) is 0 Å². The fourth-order valence-corrected chi connectivity index (χ4v) is 3.58. The van der Waals surface area contributed by atoms with Crippen LogP contribution in [0, 0.1) is 0 Å². The van der Waals surface area contributed by atoms with Crippen LogP contribution < -0.4 is 5.32 Å². The number of carbonyl (C=O) groups excluding carboxylic acids is 1. The van der Waals surface area contributed by atoms with E-state index in [-0.39, 0.29) is 11.9 Å². The summed E-state index contributed by atoms with van der Waals surface area (Å²) < 4.78 is 0. The number of fused-ring (bicyclic) bond motifs is 1. The molecular weight excluding hydrogens is 372 g/mol. The molecule has 150 valence electrons. The van der Waals surface area contributed by atoms with Crippen molar-refractivity contribution in [3.05, 3.63) is 96.3 Å². The van der Waals surface area contributed by atoms with Crippen LogP contribution in [0.15, 0.2) is 85.2 Å². The minimum absolute atomic E-state index is 0.0843. The van der Waals surface area contributed by atoms with E-state index in [0.29, 0.717) is 12.1 Å². The van der Waals surface area contributed by atoms with Gasteiger partial charge in [-0.15, -0.1) is 0 Å². The van der Waals surface area contributed by atoms with E-state index in [1.807, 2.05) is 74.8 Å². The van der Waals surface area contributed by atoms with E-state index in [4.69, 9.17) is 4.98 Å². The topological polar surface area (TPSA) is 58.1 Å². The number of nitrogens with zero attached hydrogens (tertiary/aromatic N) is 3. The third kappa shape index (κ3) is 4.21. The molecule has 30 heavy (non-hydrogen) atoms. The summed E-state index contributed by atoms with van der Waals surface area (Å²) in [6.07, 6.45) is 3.49. The van der Waals surface area contributed by atoms with Crippen LogP contribution in [-0.2, 0) is 0 Å². The highest BCUT2D eigenvalue weighted by Crippen LogP contribution is 2.25. The summed E-state index contributed by atoms with van der Waals surface area (Å²) in [6.45, 7) is 0.509. The molecule has 0 bridgehead atoms. The van der Waals surface area contributed by atoms with E-state index < -0.39 is 0 Å². The number of carbonyl (C=O) groups is 1. The number of likely N-dealkylation sites (N-methyl/N-ethyl adjacent to an activating group) is 1. The quantitative estimate of drug-likeness (QED) is 0.527. The zero-order valence-electron chi connectivity index (χ0n) is 17.1. The second-order valence-corrected chi connectivity index (χ2v) is 7.41. The molecule has 0 aliphatic carbocycles. The lowest BCUT2D eigenvalue weighted by molar-refractivity contribution is 0.0943. The first-order valence-electron chi connectivity index (χ1n) is 9.93. The Labute approximate surface area is 176 Å². The average Bonchev–Trinajstić information content (AvgIpc) is 2.79. The molecule has 2 aromatic heterocycles. The van der Waals surface area contributed by atoms with Gasteiger partial charge < -0.3 is 10.2 Å². The highest BCUT2D eigenvalue weighted by atomic mass is 16.1. The summed E-state index contributed by atoms with van der Waals surface area (Å²) in [5, 5.41) is 3.96. The van der Waals surface area contributed by atoms with Crippen molar-refractivity contribution in [2.45, 2.75) is 6.04 Å². The van der Waals surface area contributed by atoms with Gasteiger partial charge in [0.1, 0.15) is 0 Å². The van der Waals surface area contributed by atoms with Crippen LogP contribution >= 0.6 is 0 Å². The molecule has 2 aromatic carbocycles. The van der Waals surface area contributed by atoms with Gasteiger partial charge in [-0.1, -0.05) is 48.5 Å². The molecule has 0 radical (unpaired) electrons. The highest BCUT2D eigenvalue weighted by molar-refractivity contribution is 6.07. The second kappa shape index (κ2) is 8.84. The average molecular weight is 396 g/mol. The summed E-state index contributed by atoms with van der Waals surface area (Å²) in [7, 11) is 4.04. The lowest BCUT2D eigenvalue weighted by atomic mass is 10.0. The van der Waals surface area contributed by atoms with Crippen molar-refractivity contribution in [3.8, 4) is 11.3 Å². The molecule has 0 saturated carbocycles. The van der Waals surface area contributed by atoms with Crippen molar-refractivity contribution >= 4 is 16.8 Å². The Balaban J connectivity index is 1.65. The minimum Gasteiger partial charge on any atom is -0.350 e. The van der Waals surface area contributed by atoms with Crippen molar-refractivity contribution < 1.29 is 4.79 Å². The number of hydrogen-bond acceptors (Lipinski definition) is 4. The minimum atomic E-state index is -0.110. The molecule has 5 heteroatoms. The first kappa shape index (κ1) is 19.7. The van der Waals surface area contributed by atoms with Gasteiger partial charge in [-0.05, 0) is 43.9 Å². The Hall–Kier alpha value is -3.57. The van der Waals surface area contributed by atoms with E-state index in [1.54, 1.807) is 12.4 Å². The molecule has 1 atom stereocenters. The van der Waals surface area contributed by atoms with Gasteiger partial charge in [-0.2, -0.15) is 0 Å². The molecule has 2 heterocycles. The summed E-state index contributed by atoms with van der Waals surface area (Å²) in [5.74, 6) is -0.110. The van der Waals surface area contributed by atoms with Crippen LogP contribution in [0.25, 0.3) is 22.2 Å². The van der Waals surface area contributed by atoms with Crippen molar-refractivity contribution in [2.24, 2.45) is 0 Å². The van der Waals surface area contributed by atoms with Crippen LogP contribution in [0.1, 0.15) is 22.0 Å². The van der Waals surface area contributed by atoms with Crippen LogP contribution in [0.4, 0.5) is 0 Å². The van der Waals surface area contributed by atoms with Crippen molar-refractivity contribution in [3.63, 3.8) is 0 Å². The van der Waals surface area contributed by atoms with Gasteiger partial charge in [0.25, 0.3) is 5.91 Å². The fraction of sp³-hybridized carbons (Fsp3) is 0.160. The number of amides is 1. The van der Waals surface area contributed by atoms with Gasteiger partial charge in [0.2, 0.25) is 0 Å². The standard InChI is InChI=1S/C25H24N4O/c1-29(2)24(18-9-4-3-5-10-18)17-27-25(30)21-15-23(19-11-8-14-26-16-19)28-22-13-7-6-12-20(21)22/h3-16,24H,17H2,1-2H3,(H,27,30). The van der Waals surface area contributed by atoms with Gasteiger partial charge in [0.05, 0.1) is 22.8 Å². The maximum atomic E-state index is 13.2. The summed E-state index contributed by atoms with van der Waals surface area (Å²) in [4.78, 5) is 24.3. The summed E-state index contributed by atoms with van der Waals surface area (Å²) in [5.41, 5.74) is 4.19. The molecule has 1 N–H and O–H groups in total. The van der Waals surface area contributed by atoms with Crippen molar-refractivity contribution in [1.82, 2.24) is 20.2 Å². The van der Waals surface area contributed by atoms with E-state index in [9.17, 15) is 4.79 Å². The Kier molecular flexibility index (Phi) is 5.82. The Morgan fingerprint density at radius 1 is 1.00 bits per heavy atom. The molecule has 0 aliphatic heterocycles. The first-order valence-corrected chi connectivity index (χ1v) is 9.93. The van der Waals surface area contributed by atoms with E-state index in [1.165, 1.54) is 5.56 Å². The third-order valence-electron chi connectivity index (χ3n) is 5.18. The number of hydrogen-bond donors (Lipinski definition) is 1. The van der Waals surface area contributed by atoms with E-state index in [2.05, 4.69) is 27.3 Å². The first-order chi connectivity index (χ1) is 14.6. The molecule has 0 spiro atoms. The predicted octanol–water partition coefficient (Wildman–Crippen LogP) is 4.33. The molecule has 0 fully saturated rings. The molecule has 0 saturated heterocycles. The Morgan fingerprint density at radius 2 is 1.77 bits per heavy atom. The molecule has 1 amide bonds. The van der Waals surface area contributed by atoms with E-state index in [0.717, 1.165) is 22.2 Å². The van der Waals surface area contributed by atoms with Gasteiger partial charge in [-0.25, -0.2) is 4.98 Å². The number of nitrogens with one attached hydrogen (secondary N) is 1. The molecule has 4 rings (SSSR count). The molecule has 0 aliphatic rings. The number of benzene rings is 2. The third-order valence-corrected chi connectivity index (χ3v) is 5.18. The van der Waals surface area contributed by atoms with Crippen LogP contribution in [0.2, 0.25) is 0 Å². The zero-order chi connectivity index (χ0) is 20.9. The summed E-state index contributed by atoms with van der Waals surface area (Å²) in [6, 6.07) is 23.7. The smallest absolute Gasteiger partial charge is 0.252 e. The molecule has 5 nitrogen and oxygen atoms in total. The van der Waals surface area contributed by atoms with Gasteiger partial charge in [-0.3, -0.25) is 9.78 Å². The summed E-state index contributed by atoms with van der Waals surface area (Å²) >= 11 is 0. The normalized spacial score (nSPS) is 12.1. The molecule has 4 aromatic rings. The molecule has 1 unspecified atom stereocenters. The van der Waals surface area contributed by atoms with E-state index >= 15 is 0 Å². The lowest BCUT2D eigenvalue weighted by Gasteiger charge is -2.25. The second-order valence-electron chi connectivity index (χ2n) is 7.41. The zero-order valence-corrected chi connectivity index (χ0v) is 17.1. The number of rotatable bonds is 6. The van der Waals surface area contributed by atoms with Crippen LogP contribution in [0.3, 0.4) is 0 Å². The number of pyridine rings is 2. The Morgan fingerprint density at radius 3 is 2.50 bits per heavy atom. The van der Waals surface area contributed by atoms with Gasteiger partial charge in [0, 0.05) is 29.9 Å². The molecular formula is C25H24N4O. The maximum absolute atomic E-state index is 13.2.